The van der Waals surface area contributed by atoms with Crippen molar-refractivity contribution in [3.8, 4) is 40.1 Å². The quantitative estimate of drug-likeness (QED) is 0.272. The molecule has 2 aromatic carbocycles. The van der Waals surface area contributed by atoms with Crippen LogP contribution in [0, 0.1) is 0 Å². The van der Waals surface area contributed by atoms with Gasteiger partial charge >= 0.3 is 0 Å². The van der Waals surface area contributed by atoms with Crippen LogP contribution in [0.4, 0.5) is 0 Å². The van der Waals surface area contributed by atoms with Crippen LogP contribution in [0.15, 0.2) is 39.5 Å². The summed E-state index contributed by atoms with van der Waals surface area (Å²) < 4.78 is 27.0. The molecule has 1 aliphatic heterocycles. The number of hydrogen-bond donors (Lipinski definition) is 6. The molecule has 1 saturated heterocycles. The van der Waals surface area contributed by atoms with E-state index in [1.54, 1.807) is 0 Å². The van der Waals surface area contributed by atoms with E-state index in [-0.39, 0.29) is 39.7 Å². The molecule has 0 saturated carbocycles. The van der Waals surface area contributed by atoms with Crippen LogP contribution in [-0.4, -0.2) is 82.2 Å². The Morgan fingerprint density at radius 1 is 0.943 bits per heavy atom. The number of methoxy groups -OCH3 is 2. The van der Waals surface area contributed by atoms with E-state index in [4.69, 9.17) is 23.4 Å². The third-order valence-electron chi connectivity index (χ3n) is 5.67. The number of aliphatic hydroxyl groups is 4. The molecule has 0 spiro atoms. The van der Waals surface area contributed by atoms with Crippen molar-refractivity contribution in [2.75, 3.05) is 20.8 Å². The molecule has 1 fully saturated rings. The standard InChI is InChI=1S/C23H24O12/c1-31-13-5-9(3-4-10(13)25)12-6-11(26)17-14(33-12)7-15(22(32-2)19(17)28)34-23-21(30)20(29)18(27)16(8-24)35-23/h3-7,16,18,20-21,23-25,27-30H,8H2,1-2H3/t16-,18+,20-,21-,23+/m1/s1. The lowest BCUT2D eigenvalue weighted by molar-refractivity contribution is -0.277. The van der Waals surface area contributed by atoms with E-state index in [2.05, 4.69) is 0 Å². The summed E-state index contributed by atoms with van der Waals surface area (Å²) in [5.41, 5.74) is -0.328. The van der Waals surface area contributed by atoms with Crippen molar-refractivity contribution < 1.29 is 54.0 Å². The number of rotatable bonds is 6. The zero-order valence-electron chi connectivity index (χ0n) is 18.6. The minimum absolute atomic E-state index is 0.0872. The van der Waals surface area contributed by atoms with E-state index in [1.165, 1.54) is 38.5 Å². The summed E-state index contributed by atoms with van der Waals surface area (Å²) in [6, 6.07) is 6.67. The lowest BCUT2D eigenvalue weighted by atomic mass is 9.99. The molecule has 0 radical (unpaired) electrons. The Hall–Kier alpha value is -3.55. The number of aromatic hydroxyl groups is 2. The lowest BCUT2D eigenvalue weighted by Crippen LogP contribution is -2.60. The summed E-state index contributed by atoms with van der Waals surface area (Å²) >= 11 is 0. The second-order valence-corrected chi connectivity index (χ2v) is 7.81. The summed E-state index contributed by atoms with van der Waals surface area (Å²) in [7, 11) is 2.57. The molecule has 1 aromatic heterocycles. The van der Waals surface area contributed by atoms with Gasteiger partial charge in [-0.1, -0.05) is 0 Å². The molecule has 12 nitrogen and oxygen atoms in total. The van der Waals surface area contributed by atoms with E-state index in [0.717, 1.165) is 6.07 Å². The summed E-state index contributed by atoms with van der Waals surface area (Å²) in [5.74, 6) is -0.977. The van der Waals surface area contributed by atoms with Crippen molar-refractivity contribution in [2.24, 2.45) is 0 Å². The van der Waals surface area contributed by atoms with E-state index >= 15 is 0 Å². The van der Waals surface area contributed by atoms with Gasteiger partial charge in [-0.15, -0.1) is 0 Å². The largest absolute Gasteiger partial charge is 0.504 e. The summed E-state index contributed by atoms with van der Waals surface area (Å²) in [6.07, 6.45) is -7.82. The molecule has 0 unspecified atom stereocenters. The number of aliphatic hydroxyl groups excluding tert-OH is 4. The van der Waals surface area contributed by atoms with Gasteiger partial charge in [0, 0.05) is 17.7 Å². The normalized spacial score (nSPS) is 24.3. The first-order chi connectivity index (χ1) is 16.7. The molecule has 1 aliphatic rings. The van der Waals surface area contributed by atoms with Crippen LogP contribution < -0.4 is 19.6 Å². The number of ether oxygens (including phenoxy) is 4. The Kier molecular flexibility index (Phi) is 6.74. The molecule has 2 heterocycles. The van der Waals surface area contributed by atoms with Gasteiger partial charge in [-0.2, -0.15) is 0 Å². The molecule has 35 heavy (non-hydrogen) atoms. The van der Waals surface area contributed by atoms with Crippen molar-refractivity contribution in [3.05, 3.63) is 40.6 Å². The maximum Gasteiger partial charge on any atom is 0.229 e. The van der Waals surface area contributed by atoms with Crippen molar-refractivity contribution in [2.45, 2.75) is 30.7 Å². The van der Waals surface area contributed by atoms with Crippen molar-refractivity contribution >= 4 is 11.0 Å². The lowest BCUT2D eigenvalue weighted by Gasteiger charge is -2.39. The van der Waals surface area contributed by atoms with Gasteiger partial charge in [-0.25, -0.2) is 0 Å². The summed E-state index contributed by atoms with van der Waals surface area (Å²) in [6.45, 7) is -0.667. The molecule has 188 valence electrons. The van der Waals surface area contributed by atoms with E-state index in [9.17, 15) is 35.4 Å². The molecule has 4 rings (SSSR count). The SMILES string of the molecule is COc1cc(-c2cc(=O)c3c(O)c(OC)c(O[C@H]4O[C@H](CO)[C@H](O)[C@@H](O)[C@H]4O)cc3o2)ccc1O. The summed E-state index contributed by atoms with van der Waals surface area (Å²) in [4.78, 5) is 12.8. The Morgan fingerprint density at radius 3 is 2.34 bits per heavy atom. The smallest absolute Gasteiger partial charge is 0.229 e. The van der Waals surface area contributed by atoms with Gasteiger partial charge in [-0.3, -0.25) is 4.79 Å². The van der Waals surface area contributed by atoms with Crippen LogP contribution in [0.1, 0.15) is 0 Å². The Labute approximate surface area is 197 Å². The highest BCUT2D eigenvalue weighted by Gasteiger charge is 2.45. The molecule has 12 heteroatoms. The van der Waals surface area contributed by atoms with Crippen LogP contribution in [-0.2, 0) is 4.74 Å². The third kappa shape index (κ3) is 4.33. The zero-order chi connectivity index (χ0) is 25.4. The van der Waals surface area contributed by atoms with Crippen molar-refractivity contribution in [1.29, 1.82) is 0 Å². The number of benzene rings is 2. The highest BCUT2D eigenvalue weighted by molar-refractivity contribution is 5.89. The van der Waals surface area contributed by atoms with Gasteiger partial charge in [0.05, 0.1) is 20.8 Å². The number of hydrogen-bond acceptors (Lipinski definition) is 12. The van der Waals surface area contributed by atoms with E-state index in [0.29, 0.717) is 5.56 Å². The number of phenols is 2. The van der Waals surface area contributed by atoms with Crippen LogP contribution in [0.3, 0.4) is 0 Å². The van der Waals surface area contributed by atoms with Gasteiger partial charge in [-0.05, 0) is 18.2 Å². The van der Waals surface area contributed by atoms with Gasteiger partial charge in [0.15, 0.2) is 28.4 Å². The molecule has 5 atom stereocenters. The molecular formula is C23H24O12. The molecule has 0 bridgehead atoms. The van der Waals surface area contributed by atoms with E-state index < -0.39 is 48.5 Å². The van der Waals surface area contributed by atoms with Gasteiger partial charge in [0.2, 0.25) is 12.0 Å². The van der Waals surface area contributed by atoms with Gasteiger partial charge in [0.25, 0.3) is 0 Å². The molecule has 0 aliphatic carbocycles. The van der Waals surface area contributed by atoms with Crippen LogP contribution in [0.5, 0.6) is 28.7 Å². The minimum atomic E-state index is -1.72. The first kappa shape index (κ1) is 24.6. The van der Waals surface area contributed by atoms with Crippen molar-refractivity contribution in [3.63, 3.8) is 0 Å². The monoisotopic (exact) mass is 492 g/mol. The minimum Gasteiger partial charge on any atom is -0.504 e. The fourth-order valence-electron chi connectivity index (χ4n) is 3.81. The highest BCUT2D eigenvalue weighted by atomic mass is 16.7. The molecule has 6 N–H and O–H groups in total. The second kappa shape index (κ2) is 9.60. The number of phenolic OH excluding ortho intramolecular Hbond substituents is 2. The predicted octanol–water partition coefficient (Wildman–Crippen LogP) is 0.0671. The fourth-order valence-corrected chi connectivity index (χ4v) is 3.81. The number of fused-ring (bicyclic) bond motifs is 1. The molecular weight excluding hydrogens is 468 g/mol. The first-order valence-corrected chi connectivity index (χ1v) is 10.4. The summed E-state index contributed by atoms with van der Waals surface area (Å²) in [5, 5.41) is 60.0. The average molecular weight is 492 g/mol. The Balaban J connectivity index is 1.80. The second-order valence-electron chi connectivity index (χ2n) is 7.81. The fraction of sp³-hybridized carbons (Fsp3) is 0.348. The van der Waals surface area contributed by atoms with Gasteiger partial charge < -0.3 is 54.0 Å². The molecule has 3 aromatic rings. The predicted molar refractivity (Wildman–Crippen MR) is 119 cm³/mol. The molecule has 0 amide bonds. The Morgan fingerprint density at radius 2 is 1.69 bits per heavy atom. The Bertz CT molecular complexity index is 1280. The topological polar surface area (TPSA) is 189 Å². The highest BCUT2D eigenvalue weighted by Crippen LogP contribution is 2.43. The van der Waals surface area contributed by atoms with Crippen LogP contribution in [0.25, 0.3) is 22.3 Å². The van der Waals surface area contributed by atoms with Gasteiger partial charge in [0.1, 0.15) is 41.1 Å². The first-order valence-electron chi connectivity index (χ1n) is 10.4. The zero-order valence-corrected chi connectivity index (χ0v) is 18.6. The van der Waals surface area contributed by atoms with E-state index in [1.807, 2.05) is 0 Å². The average Bonchev–Trinajstić information content (AvgIpc) is 2.84. The van der Waals surface area contributed by atoms with Crippen LogP contribution >= 0.6 is 0 Å². The van der Waals surface area contributed by atoms with Crippen LogP contribution in [0.2, 0.25) is 0 Å². The van der Waals surface area contributed by atoms with Crippen molar-refractivity contribution in [1.82, 2.24) is 0 Å². The third-order valence-corrected chi connectivity index (χ3v) is 5.67. The maximum absolute atomic E-state index is 12.8. The maximum atomic E-state index is 12.8.